The number of aryl methyl sites for hydroxylation is 1. The van der Waals surface area contributed by atoms with Gasteiger partial charge < -0.3 is 19.7 Å². The van der Waals surface area contributed by atoms with E-state index in [1.165, 1.54) is 0 Å². The molecule has 0 aliphatic carbocycles. The van der Waals surface area contributed by atoms with Crippen molar-refractivity contribution < 1.29 is 19.1 Å². The average molecular weight is 397 g/mol. The Balaban J connectivity index is 1.32. The molecule has 2 heterocycles. The quantitative estimate of drug-likeness (QED) is 0.693. The minimum absolute atomic E-state index is 0.0300. The van der Waals surface area contributed by atoms with E-state index in [0.29, 0.717) is 45.0 Å². The summed E-state index contributed by atoms with van der Waals surface area (Å²) in [7, 11) is 0. The lowest BCUT2D eigenvalue weighted by Gasteiger charge is -2.31. The van der Waals surface area contributed by atoms with Gasteiger partial charge in [0.05, 0.1) is 6.61 Å². The zero-order valence-electron chi connectivity index (χ0n) is 16.7. The molecule has 7 heteroatoms. The molecule has 1 aliphatic rings. The zero-order chi connectivity index (χ0) is 20.5. The Morgan fingerprint density at radius 1 is 1.14 bits per heavy atom. The maximum Gasteiger partial charge on any atom is 0.248 e. The first-order valence-electron chi connectivity index (χ1n) is 9.89. The summed E-state index contributed by atoms with van der Waals surface area (Å²) in [4.78, 5) is 30.6. The van der Waals surface area contributed by atoms with Crippen LogP contribution in [0.4, 0.5) is 5.82 Å². The lowest BCUT2D eigenvalue weighted by molar-refractivity contribution is -0.139. The van der Waals surface area contributed by atoms with Crippen molar-refractivity contribution in [2.24, 2.45) is 5.92 Å². The number of rotatable bonds is 8. The normalized spacial score (nSPS) is 14.4. The van der Waals surface area contributed by atoms with Crippen molar-refractivity contribution in [2.75, 3.05) is 38.2 Å². The molecule has 0 unspecified atom stereocenters. The molecule has 2 aromatic rings. The first-order valence-corrected chi connectivity index (χ1v) is 9.89. The number of carbonyl (C=O) groups excluding carboxylic acids is 2. The first kappa shape index (κ1) is 20.8. The summed E-state index contributed by atoms with van der Waals surface area (Å²) in [6.45, 7) is 3.85. The van der Waals surface area contributed by atoms with Gasteiger partial charge in [-0.15, -0.1) is 0 Å². The van der Waals surface area contributed by atoms with E-state index >= 15 is 0 Å². The predicted molar refractivity (Wildman–Crippen MR) is 110 cm³/mol. The molecule has 1 aliphatic heterocycles. The molecule has 3 rings (SSSR count). The number of hydrogen-bond donors (Lipinski definition) is 1. The monoisotopic (exact) mass is 397 g/mol. The molecule has 1 fully saturated rings. The molecule has 1 aromatic carbocycles. The Labute approximate surface area is 171 Å². The third kappa shape index (κ3) is 6.57. The van der Waals surface area contributed by atoms with Crippen LogP contribution in [0.1, 0.15) is 18.4 Å². The molecule has 1 saturated heterocycles. The Kier molecular flexibility index (Phi) is 7.58. The van der Waals surface area contributed by atoms with E-state index in [4.69, 9.17) is 9.47 Å². The maximum atomic E-state index is 12.4. The lowest BCUT2D eigenvalue weighted by Crippen LogP contribution is -2.43. The molecule has 0 saturated carbocycles. The summed E-state index contributed by atoms with van der Waals surface area (Å²) < 4.78 is 11.0. The first-order chi connectivity index (χ1) is 14.1. The fraction of sp³-hybridized carbons (Fsp3) is 0.409. The van der Waals surface area contributed by atoms with Crippen molar-refractivity contribution in [3.05, 3.63) is 54.2 Å². The Hall–Kier alpha value is -2.93. The fourth-order valence-electron chi connectivity index (χ4n) is 3.21. The van der Waals surface area contributed by atoms with E-state index < -0.39 is 0 Å². The minimum Gasteiger partial charge on any atom is -0.491 e. The van der Waals surface area contributed by atoms with E-state index in [-0.39, 0.29) is 24.3 Å². The second-order valence-corrected chi connectivity index (χ2v) is 7.08. The summed E-state index contributed by atoms with van der Waals surface area (Å²) in [6.07, 6.45) is 2.96. The number of amides is 2. The Bertz CT molecular complexity index is 805. The molecule has 1 N–H and O–H groups in total. The van der Waals surface area contributed by atoms with Crippen molar-refractivity contribution in [1.82, 2.24) is 9.88 Å². The van der Waals surface area contributed by atoms with E-state index in [0.717, 1.165) is 11.3 Å². The van der Waals surface area contributed by atoms with Gasteiger partial charge in [0.15, 0.2) is 0 Å². The number of piperidine rings is 1. The number of nitrogens with zero attached hydrogens (tertiary/aromatic N) is 2. The molecule has 0 bridgehead atoms. The number of pyridine rings is 1. The summed E-state index contributed by atoms with van der Waals surface area (Å²) in [5.41, 5.74) is 1.05. The van der Waals surface area contributed by atoms with E-state index in [1.54, 1.807) is 11.1 Å². The van der Waals surface area contributed by atoms with Gasteiger partial charge in [-0.2, -0.15) is 0 Å². The maximum absolute atomic E-state index is 12.4. The topological polar surface area (TPSA) is 80.8 Å². The number of anilines is 1. The highest BCUT2D eigenvalue weighted by Gasteiger charge is 2.27. The molecular formula is C22H27N3O4. The van der Waals surface area contributed by atoms with Crippen LogP contribution in [0.3, 0.4) is 0 Å². The summed E-state index contributed by atoms with van der Waals surface area (Å²) in [5.74, 6) is 1.15. The third-order valence-corrected chi connectivity index (χ3v) is 4.85. The molecule has 154 valence electrons. The van der Waals surface area contributed by atoms with Gasteiger partial charge in [-0.05, 0) is 49.6 Å². The van der Waals surface area contributed by atoms with Crippen LogP contribution in [-0.2, 0) is 14.3 Å². The average Bonchev–Trinajstić information content (AvgIpc) is 2.74. The van der Waals surface area contributed by atoms with Crippen LogP contribution in [0.25, 0.3) is 0 Å². The number of benzene rings is 1. The molecule has 0 atom stereocenters. The smallest absolute Gasteiger partial charge is 0.248 e. The third-order valence-electron chi connectivity index (χ3n) is 4.85. The molecule has 7 nitrogen and oxygen atoms in total. The van der Waals surface area contributed by atoms with Crippen LogP contribution in [0, 0.1) is 12.8 Å². The van der Waals surface area contributed by atoms with Gasteiger partial charge in [-0.3, -0.25) is 9.59 Å². The van der Waals surface area contributed by atoms with Crippen molar-refractivity contribution in [1.29, 1.82) is 0 Å². The van der Waals surface area contributed by atoms with Gasteiger partial charge in [-0.1, -0.05) is 18.2 Å². The number of aromatic nitrogens is 1. The second kappa shape index (κ2) is 10.6. The van der Waals surface area contributed by atoms with Crippen LogP contribution >= 0.6 is 0 Å². The van der Waals surface area contributed by atoms with Gasteiger partial charge in [0, 0.05) is 25.2 Å². The highest BCUT2D eigenvalue weighted by molar-refractivity contribution is 5.92. The molecular weight excluding hydrogens is 370 g/mol. The van der Waals surface area contributed by atoms with Crippen LogP contribution < -0.4 is 10.1 Å². The highest BCUT2D eigenvalue weighted by atomic mass is 16.5. The minimum atomic E-state index is -0.110. The zero-order valence-corrected chi connectivity index (χ0v) is 16.7. The molecule has 0 radical (unpaired) electrons. The van der Waals surface area contributed by atoms with Gasteiger partial charge in [-0.25, -0.2) is 4.98 Å². The summed E-state index contributed by atoms with van der Waals surface area (Å²) in [5, 5.41) is 2.87. The van der Waals surface area contributed by atoms with Crippen LogP contribution in [0.5, 0.6) is 5.75 Å². The van der Waals surface area contributed by atoms with Gasteiger partial charge in [0.25, 0.3) is 0 Å². The van der Waals surface area contributed by atoms with Gasteiger partial charge in [0.2, 0.25) is 11.8 Å². The molecule has 2 amide bonds. The van der Waals surface area contributed by atoms with Crippen molar-refractivity contribution in [3.8, 4) is 5.75 Å². The van der Waals surface area contributed by atoms with E-state index in [1.807, 2.05) is 49.4 Å². The number of likely N-dealkylation sites (tertiary alicyclic amines) is 1. The predicted octanol–water partition coefficient (Wildman–Crippen LogP) is 2.66. The van der Waals surface area contributed by atoms with Crippen LogP contribution in [0.15, 0.2) is 48.7 Å². The van der Waals surface area contributed by atoms with Crippen molar-refractivity contribution in [3.63, 3.8) is 0 Å². The number of para-hydroxylation sites is 1. The number of hydrogen-bond acceptors (Lipinski definition) is 5. The lowest BCUT2D eigenvalue weighted by atomic mass is 9.96. The Morgan fingerprint density at radius 2 is 1.90 bits per heavy atom. The largest absolute Gasteiger partial charge is 0.491 e. The second-order valence-electron chi connectivity index (χ2n) is 7.08. The van der Waals surface area contributed by atoms with Gasteiger partial charge >= 0.3 is 0 Å². The SMILES string of the molecule is Cc1ccnc(NC(=O)C2CCN(C(=O)COCCOc3ccccc3)CC2)c1. The van der Waals surface area contributed by atoms with Crippen molar-refractivity contribution >= 4 is 17.6 Å². The van der Waals surface area contributed by atoms with E-state index in [9.17, 15) is 9.59 Å². The Morgan fingerprint density at radius 3 is 2.62 bits per heavy atom. The van der Waals surface area contributed by atoms with Crippen LogP contribution in [-0.4, -0.2) is 54.6 Å². The number of nitrogens with one attached hydrogen (secondary N) is 1. The van der Waals surface area contributed by atoms with Gasteiger partial charge in [0.1, 0.15) is 24.8 Å². The number of carbonyl (C=O) groups is 2. The summed E-state index contributed by atoms with van der Waals surface area (Å²) >= 11 is 0. The van der Waals surface area contributed by atoms with Crippen LogP contribution in [0.2, 0.25) is 0 Å². The molecule has 29 heavy (non-hydrogen) atoms. The number of ether oxygens (including phenoxy) is 2. The summed E-state index contributed by atoms with van der Waals surface area (Å²) in [6, 6.07) is 13.2. The fourth-order valence-corrected chi connectivity index (χ4v) is 3.21. The molecule has 0 spiro atoms. The standard InChI is InChI=1S/C22H27N3O4/c1-17-7-10-23-20(15-17)24-22(27)18-8-11-25(12-9-18)21(26)16-28-13-14-29-19-5-3-2-4-6-19/h2-7,10,15,18H,8-9,11-14,16H2,1H3,(H,23,24,27). The highest BCUT2D eigenvalue weighted by Crippen LogP contribution is 2.19. The van der Waals surface area contributed by atoms with Crippen molar-refractivity contribution in [2.45, 2.75) is 19.8 Å². The van der Waals surface area contributed by atoms with E-state index in [2.05, 4.69) is 10.3 Å². The molecule has 1 aromatic heterocycles.